The lowest BCUT2D eigenvalue weighted by Gasteiger charge is -2.20. The molecule has 4 atom stereocenters. The minimum atomic E-state index is -0.260. The first-order chi connectivity index (χ1) is 10.5. The van der Waals surface area contributed by atoms with Gasteiger partial charge in [0.25, 0.3) is 0 Å². The first kappa shape index (κ1) is 13.8. The molecule has 0 N–H and O–H groups in total. The van der Waals surface area contributed by atoms with E-state index in [0.29, 0.717) is 10.7 Å². The van der Waals surface area contributed by atoms with Crippen LogP contribution in [0.1, 0.15) is 13.8 Å². The average molecular weight is 314 g/mol. The van der Waals surface area contributed by atoms with Crippen LogP contribution in [0, 0.1) is 23.7 Å². The van der Waals surface area contributed by atoms with Crippen LogP contribution in [0.25, 0.3) is 0 Å². The van der Waals surface area contributed by atoms with Crippen LogP contribution in [0.2, 0.25) is 5.02 Å². The summed E-state index contributed by atoms with van der Waals surface area (Å²) in [6.07, 6.45) is 4.19. The maximum atomic E-state index is 12.9. The highest BCUT2D eigenvalue weighted by Gasteiger charge is 2.62. The van der Waals surface area contributed by atoms with Gasteiger partial charge in [-0.3, -0.25) is 9.59 Å². The monoisotopic (exact) mass is 313 g/mol. The van der Waals surface area contributed by atoms with E-state index in [4.69, 9.17) is 11.6 Å². The zero-order valence-corrected chi connectivity index (χ0v) is 13.2. The van der Waals surface area contributed by atoms with E-state index in [-0.39, 0.29) is 35.5 Å². The fourth-order valence-electron chi connectivity index (χ4n) is 4.30. The van der Waals surface area contributed by atoms with E-state index in [1.165, 1.54) is 16.0 Å². The van der Waals surface area contributed by atoms with Crippen molar-refractivity contribution in [2.24, 2.45) is 23.7 Å². The van der Waals surface area contributed by atoms with Crippen LogP contribution >= 0.6 is 11.6 Å². The summed E-state index contributed by atoms with van der Waals surface area (Å²) in [5, 5.41) is 0.437. The standard InChI is InChI=1S/C18H16ClNO2/c1-9(2)14-10-7-8-11(14)16-15(10)17(21)20(18(16)22)13-6-4-3-5-12(13)19/h3-8,10-11,15-16H,1-2H3/t10-,11-,15+,16+/m1/s1. The lowest BCUT2D eigenvalue weighted by molar-refractivity contribution is -0.122. The van der Waals surface area contributed by atoms with Crippen molar-refractivity contribution < 1.29 is 9.59 Å². The normalized spacial score (nSPS) is 32.1. The summed E-state index contributed by atoms with van der Waals surface area (Å²) >= 11 is 6.19. The van der Waals surface area contributed by atoms with Crippen molar-refractivity contribution in [1.29, 1.82) is 0 Å². The Hall–Kier alpha value is -1.87. The summed E-state index contributed by atoms with van der Waals surface area (Å²) in [7, 11) is 0. The van der Waals surface area contributed by atoms with Crippen molar-refractivity contribution in [1.82, 2.24) is 0 Å². The molecule has 1 saturated heterocycles. The Morgan fingerprint density at radius 1 is 1.00 bits per heavy atom. The molecule has 1 aromatic rings. The Kier molecular flexibility index (Phi) is 2.85. The van der Waals surface area contributed by atoms with Gasteiger partial charge in [-0.05, 0) is 26.0 Å². The first-order valence-electron chi connectivity index (χ1n) is 7.50. The lowest BCUT2D eigenvalue weighted by atomic mass is 9.85. The summed E-state index contributed by atoms with van der Waals surface area (Å²) in [5.41, 5.74) is 2.99. The van der Waals surface area contributed by atoms with Gasteiger partial charge in [-0.2, -0.15) is 0 Å². The van der Waals surface area contributed by atoms with Crippen molar-refractivity contribution in [3.05, 3.63) is 52.6 Å². The van der Waals surface area contributed by atoms with Gasteiger partial charge in [0, 0.05) is 11.8 Å². The second-order valence-electron chi connectivity index (χ2n) is 6.41. The number of hydrogen-bond acceptors (Lipinski definition) is 2. The van der Waals surface area contributed by atoms with Crippen LogP contribution in [-0.2, 0) is 9.59 Å². The topological polar surface area (TPSA) is 37.4 Å². The molecule has 3 aliphatic rings. The van der Waals surface area contributed by atoms with Crippen LogP contribution < -0.4 is 4.90 Å². The van der Waals surface area contributed by atoms with Crippen LogP contribution in [-0.4, -0.2) is 11.8 Å². The Bertz CT molecular complexity index is 726. The van der Waals surface area contributed by atoms with Gasteiger partial charge in [0.1, 0.15) is 0 Å². The molecule has 2 aliphatic carbocycles. The third-order valence-electron chi connectivity index (χ3n) is 5.09. The quantitative estimate of drug-likeness (QED) is 0.587. The summed E-state index contributed by atoms with van der Waals surface area (Å²) in [6, 6.07) is 7.03. The molecule has 4 heteroatoms. The number of allylic oxidation sites excluding steroid dienone is 4. The highest BCUT2D eigenvalue weighted by molar-refractivity contribution is 6.36. The molecule has 0 unspecified atom stereocenters. The van der Waals surface area contributed by atoms with Gasteiger partial charge in [0.15, 0.2) is 0 Å². The first-order valence-corrected chi connectivity index (χ1v) is 7.88. The molecule has 4 rings (SSSR count). The fraction of sp³-hybridized carbons (Fsp3) is 0.333. The Morgan fingerprint density at radius 3 is 2.05 bits per heavy atom. The van der Waals surface area contributed by atoms with E-state index in [1.54, 1.807) is 24.3 Å². The SMILES string of the molecule is CC(C)=C1[C@H]2C=C[C@H]1[C@@H]1C(=O)N(c3ccccc3Cl)C(=O)[C@H]12. The molecule has 1 aromatic carbocycles. The van der Waals surface area contributed by atoms with Gasteiger partial charge < -0.3 is 0 Å². The Balaban J connectivity index is 1.80. The van der Waals surface area contributed by atoms with E-state index >= 15 is 0 Å². The summed E-state index contributed by atoms with van der Waals surface area (Å²) in [4.78, 5) is 27.1. The predicted molar refractivity (Wildman–Crippen MR) is 85.4 cm³/mol. The fourth-order valence-corrected chi connectivity index (χ4v) is 4.52. The number of carbonyl (C=O) groups is 2. The smallest absolute Gasteiger partial charge is 0.238 e. The molecule has 1 saturated carbocycles. The number of imide groups is 1. The number of benzene rings is 1. The molecule has 2 bridgehead atoms. The van der Waals surface area contributed by atoms with E-state index in [0.717, 1.165) is 0 Å². The third-order valence-corrected chi connectivity index (χ3v) is 5.41. The van der Waals surface area contributed by atoms with E-state index in [1.807, 2.05) is 0 Å². The molecule has 0 spiro atoms. The van der Waals surface area contributed by atoms with Crippen molar-refractivity contribution >= 4 is 29.1 Å². The largest absolute Gasteiger partial charge is 0.274 e. The van der Waals surface area contributed by atoms with Crippen LogP contribution in [0.5, 0.6) is 0 Å². The van der Waals surface area contributed by atoms with Crippen molar-refractivity contribution in [3.63, 3.8) is 0 Å². The summed E-state index contributed by atoms with van der Waals surface area (Å²) in [5.74, 6) is -0.599. The molecular weight excluding hydrogens is 298 g/mol. The number of anilines is 1. The van der Waals surface area contributed by atoms with E-state index in [2.05, 4.69) is 26.0 Å². The molecule has 0 radical (unpaired) electrons. The van der Waals surface area contributed by atoms with Crippen LogP contribution in [0.3, 0.4) is 0 Å². The second kappa shape index (κ2) is 4.56. The molecule has 22 heavy (non-hydrogen) atoms. The molecule has 0 aromatic heterocycles. The number of carbonyl (C=O) groups excluding carboxylic acids is 2. The van der Waals surface area contributed by atoms with Crippen LogP contribution in [0.4, 0.5) is 5.69 Å². The second-order valence-corrected chi connectivity index (χ2v) is 6.81. The van der Waals surface area contributed by atoms with Gasteiger partial charge in [0.05, 0.1) is 22.5 Å². The highest BCUT2D eigenvalue weighted by atomic mass is 35.5. The van der Waals surface area contributed by atoms with Crippen molar-refractivity contribution in [2.75, 3.05) is 4.90 Å². The van der Waals surface area contributed by atoms with Gasteiger partial charge >= 0.3 is 0 Å². The molecule has 112 valence electrons. The number of halogens is 1. The minimum absolute atomic E-state index is 0.0731. The molecule has 1 aliphatic heterocycles. The number of nitrogens with zero attached hydrogens (tertiary/aromatic N) is 1. The van der Waals surface area contributed by atoms with Crippen molar-refractivity contribution in [3.8, 4) is 0 Å². The predicted octanol–water partition coefficient (Wildman–Crippen LogP) is 3.60. The average Bonchev–Trinajstić information content (AvgIpc) is 3.11. The molecule has 3 nitrogen and oxygen atoms in total. The summed E-state index contributed by atoms with van der Waals surface area (Å²) < 4.78 is 0. The van der Waals surface area contributed by atoms with Gasteiger partial charge in [-0.1, -0.05) is 47.0 Å². The maximum Gasteiger partial charge on any atom is 0.238 e. The number of amides is 2. The molecular formula is C18H16ClNO2. The van der Waals surface area contributed by atoms with Crippen molar-refractivity contribution in [2.45, 2.75) is 13.8 Å². The molecule has 2 fully saturated rings. The van der Waals surface area contributed by atoms with Gasteiger partial charge in [-0.25, -0.2) is 4.90 Å². The highest BCUT2D eigenvalue weighted by Crippen LogP contribution is 2.57. The Labute approximate surface area is 134 Å². The molecule has 1 heterocycles. The maximum absolute atomic E-state index is 12.9. The lowest BCUT2D eigenvalue weighted by Crippen LogP contribution is -2.33. The number of hydrogen-bond donors (Lipinski definition) is 0. The van der Waals surface area contributed by atoms with Crippen LogP contribution in [0.15, 0.2) is 47.6 Å². The number of fused-ring (bicyclic) bond motifs is 5. The van der Waals surface area contributed by atoms with E-state index < -0.39 is 0 Å². The molecule has 2 amide bonds. The van der Waals surface area contributed by atoms with Gasteiger partial charge in [-0.15, -0.1) is 0 Å². The third kappa shape index (κ3) is 1.57. The van der Waals surface area contributed by atoms with E-state index in [9.17, 15) is 9.59 Å². The summed E-state index contributed by atoms with van der Waals surface area (Å²) in [6.45, 7) is 4.12. The zero-order chi connectivity index (χ0) is 15.6. The number of para-hydroxylation sites is 1. The zero-order valence-electron chi connectivity index (χ0n) is 12.4. The number of rotatable bonds is 1. The minimum Gasteiger partial charge on any atom is -0.274 e. The Morgan fingerprint density at radius 2 is 1.55 bits per heavy atom. The van der Waals surface area contributed by atoms with Gasteiger partial charge in [0.2, 0.25) is 11.8 Å².